The molecule has 0 spiro atoms. The van der Waals surface area contributed by atoms with Gasteiger partial charge < -0.3 is 0 Å². The van der Waals surface area contributed by atoms with Crippen LogP contribution >= 0.6 is 0 Å². The van der Waals surface area contributed by atoms with E-state index in [-0.39, 0.29) is 34.4 Å². The summed E-state index contributed by atoms with van der Waals surface area (Å²) in [5, 5.41) is 9.49. The average Bonchev–Trinajstić information content (AvgIpc) is 3.43. The lowest BCUT2D eigenvalue weighted by Crippen LogP contribution is -2.55. The third-order valence-electron chi connectivity index (χ3n) is 14.7. The Bertz CT molecular complexity index is 1290. The second kappa shape index (κ2) is 10.6. The van der Waals surface area contributed by atoms with Gasteiger partial charge in [-0.05, 0) is 142 Å². The SMILES string of the molecule is C[C@]12CC[C@H]3[C@@H](CC(OO)C4CCCC[C@@]43C)C1=CC(=O)C2=O.C[C@]12CC[C@H]3[C@@H](CCC4=CC(=O)CC[C@@H]43)[C@@H]1CCC2=O. The molecule has 6 saturated carbocycles. The van der Waals surface area contributed by atoms with Crippen LogP contribution in [-0.4, -0.2) is 34.5 Å². The Balaban J connectivity index is 0.000000141. The number of hydrogen-bond acceptors (Lipinski definition) is 6. The first kappa shape index (κ1) is 29.8. The van der Waals surface area contributed by atoms with E-state index in [9.17, 15) is 24.4 Å². The zero-order valence-corrected chi connectivity index (χ0v) is 26.4. The Kier molecular flexibility index (Phi) is 7.32. The van der Waals surface area contributed by atoms with Crippen molar-refractivity contribution in [2.75, 3.05) is 0 Å². The van der Waals surface area contributed by atoms with E-state index >= 15 is 0 Å². The molecule has 8 aliphatic rings. The Hall–Kier alpha value is -1.92. The maximum atomic E-state index is 12.4. The molecule has 43 heavy (non-hydrogen) atoms. The summed E-state index contributed by atoms with van der Waals surface area (Å²) in [6.07, 6.45) is 19.0. The number of allylic oxidation sites excluding steroid dienone is 3. The quantitative estimate of drug-likeness (QED) is 0.196. The number of hydrogen-bond donors (Lipinski definition) is 1. The molecular formula is C37H50O6. The average molecular weight is 591 g/mol. The van der Waals surface area contributed by atoms with E-state index < -0.39 is 5.41 Å². The Morgan fingerprint density at radius 1 is 0.744 bits per heavy atom. The molecule has 0 aromatic rings. The van der Waals surface area contributed by atoms with Crippen molar-refractivity contribution in [3.63, 3.8) is 0 Å². The third-order valence-corrected chi connectivity index (χ3v) is 14.7. The normalized spacial score (nSPS) is 48.4. The molecule has 11 atom stereocenters. The fourth-order valence-corrected chi connectivity index (χ4v) is 12.4. The van der Waals surface area contributed by atoms with Crippen LogP contribution in [0.1, 0.15) is 117 Å². The zero-order chi connectivity index (χ0) is 30.3. The molecule has 0 aliphatic heterocycles. The molecule has 8 aliphatic carbocycles. The van der Waals surface area contributed by atoms with Gasteiger partial charge in [0.05, 0.1) is 11.5 Å². The number of carbonyl (C=O) groups excluding carboxylic acids is 4. The van der Waals surface area contributed by atoms with Crippen molar-refractivity contribution in [2.24, 2.45) is 57.7 Å². The molecule has 6 nitrogen and oxygen atoms in total. The minimum Gasteiger partial charge on any atom is -0.299 e. The van der Waals surface area contributed by atoms with E-state index in [4.69, 9.17) is 4.89 Å². The molecule has 0 heterocycles. The van der Waals surface area contributed by atoms with E-state index in [1.54, 1.807) is 6.08 Å². The maximum Gasteiger partial charge on any atom is 0.222 e. The van der Waals surface area contributed by atoms with Gasteiger partial charge in [0.1, 0.15) is 5.78 Å². The van der Waals surface area contributed by atoms with Gasteiger partial charge in [-0.3, -0.25) is 24.4 Å². The molecule has 1 N–H and O–H groups in total. The molecule has 0 saturated heterocycles. The molecular weight excluding hydrogens is 540 g/mol. The molecule has 6 heteroatoms. The van der Waals surface area contributed by atoms with Crippen LogP contribution in [0.15, 0.2) is 23.3 Å². The summed E-state index contributed by atoms with van der Waals surface area (Å²) in [6.45, 7) is 6.52. The predicted octanol–water partition coefficient (Wildman–Crippen LogP) is 7.25. The van der Waals surface area contributed by atoms with Gasteiger partial charge in [-0.1, -0.05) is 32.3 Å². The summed E-state index contributed by atoms with van der Waals surface area (Å²) in [5.41, 5.74) is 2.00. The second-order valence-corrected chi connectivity index (χ2v) is 16.3. The summed E-state index contributed by atoms with van der Waals surface area (Å²) in [7, 11) is 0. The van der Waals surface area contributed by atoms with Crippen molar-refractivity contribution in [1.29, 1.82) is 0 Å². The van der Waals surface area contributed by atoms with Gasteiger partial charge in [-0.2, -0.15) is 0 Å². The minimum atomic E-state index is -0.601. The first-order valence-corrected chi connectivity index (χ1v) is 17.4. The first-order chi connectivity index (χ1) is 20.5. The number of fused-ring (bicyclic) bond motifs is 10. The summed E-state index contributed by atoms with van der Waals surface area (Å²) < 4.78 is 0. The van der Waals surface area contributed by atoms with Crippen molar-refractivity contribution >= 4 is 23.1 Å². The monoisotopic (exact) mass is 590 g/mol. The fourth-order valence-electron chi connectivity index (χ4n) is 12.4. The highest BCUT2D eigenvalue weighted by Gasteiger charge is 2.61. The molecule has 8 rings (SSSR count). The highest BCUT2D eigenvalue weighted by molar-refractivity contribution is 6.46. The van der Waals surface area contributed by atoms with Crippen molar-refractivity contribution in [2.45, 2.75) is 123 Å². The fraction of sp³-hybridized carbons (Fsp3) is 0.784. The first-order valence-electron chi connectivity index (χ1n) is 17.4. The number of ketones is 4. The van der Waals surface area contributed by atoms with Crippen LogP contribution in [0.3, 0.4) is 0 Å². The number of rotatable bonds is 1. The molecule has 6 fully saturated rings. The highest BCUT2D eigenvalue weighted by atomic mass is 17.1. The standard InChI is InChI=1S/C19H26O4.C18H24O2/c1-18-7-4-3-5-13(18)16(23-22)9-11-12(18)6-8-19(2)14(11)10-15(20)17(19)21;1-18-9-8-14-13-5-3-12(19)10-11(13)2-4-15(14)16(18)6-7-17(18)20/h10-13,16,22H,3-9H2,1-2H3;10,13-16H,2-9H2,1H3/t11-,12+,13?,16?,18-,19+;13-,14+,15+,16-,18-/m10/s1. The minimum absolute atomic E-state index is 0.00707. The van der Waals surface area contributed by atoms with Crippen molar-refractivity contribution in [3.05, 3.63) is 23.3 Å². The Morgan fingerprint density at radius 2 is 1.56 bits per heavy atom. The smallest absolute Gasteiger partial charge is 0.222 e. The van der Waals surface area contributed by atoms with Crippen LogP contribution < -0.4 is 0 Å². The summed E-state index contributed by atoms with van der Waals surface area (Å²) >= 11 is 0. The Morgan fingerprint density at radius 3 is 2.35 bits per heavy atom. The van der Waals surface area contributed by atoms with Gasteiger partial charge in [0.2, 0.25) is 11.6 Å². The topological polar surface area (TPSA) is 97.7 Å². The van der Waals surface area contributed by atoms with Crippen molar-refractivity contribution in [3.8, 4) is 0 Å². The zero-order valence-electron chi connectivity index (χ0n) is 26.4. The van der Waals surface area contributed by atoms with Crippen molar-refractivity contribution in [1.82, 2.24) is 0 Å². The van der Waals surface area contributed by atoms with E-state index in [0.717, 1.165) is 88.0 Å². The van der Waals surface area contributed by atoms with E-state index in [1.807, 2.05) is 13.0 Å². The van der Waals surface area contributed by atoms with Crippen LogP contribution in [0.25, 0.3) is 0 Å². The molecule has 0 bridgehead atoms. The van der Waals surface area contributed by atoms with Crippen LogP contribution in [0.4, 0.5) is 0 Å². The van der Waals surface area contributed by atoms with Gasteiger partial charge in [0, 0.05) is 18.3 Å². The van der Waals surface area contributed by atoms with E-state index in [1.165, 1.54) is 31.3 Å². The second-order valence-electron chi connectivity index (χ2n) is 16.3. The van der Waals surface area contributed by atoms with Gasteiger partial charge in [0.15, 0.2) is 5.78 Å². The molecule has 234 valence electrons. The number of Topliss-reactive ketones (excluding diaryl/α,β-unsaturated/α-hetero) is 2. The van der Waals surface area contributed by atoms with Gasteiger partial charge >= 0.3 is 0 Å². The van der Waals surface area contributed by atoms with Crippen LogP contribution in [-0.2, 0) is 24.1 Å². The number of carbonyl (C=O) groups is 4. The largest absolute Gasteiger partial charge is 0.299 e. The highest BCUT2D eigenvalue weighted by Crippen LogP contribution is 2.64. The van der Waals surface area contributed by atoms with E-state index in [2.05, 4.69) is 13.8 Å². The van der Waals surface area contributed by atoms with Gasteiger partial charge in [-0.25, -0.2) is 4.89 Å². The summed E-state index contributed by atoms with van der Waals surface area (Å²) in [6, 6.07) is 0. The molecule has 0 aromatic heterocycles. The molecule has 0 amide bonds. The maximum absolute atomic E-state index is 12.4. The third kappa shape index (κ3) is 4.39. The molecule has 0 radical (unpaired) electrons. The Labute approximate surface area is 256 Å². The lowest BCUT2D eigenvalue weighted by Gasteiger charge is -2.59. The van der Waals surface area contributed by atoms with Crippen molar-refractivity contribution < 1.29 is 29.3 Å². The summed E-state index contributed by atoms with van der Waals surface area (Å²) in [4.78, 5) is 53.2. The van der Waals surface area contributed by atoms with Gasteiger partial charge in [-0.15, -0.1) is 0 Å². The lowest BCUT2D eigenvalue weighted by atomic mass is 9.46. The van der Waals surface area contributed by atoms with Crippen LogP contribution in [0.5, 0.6) is 0 Å². The van der Waals surface area contributed by atoms with Crippen LogP contribution in [0.2, 0.25) is 0 Å². The lowest BCUT2D eigenvalue weighted by molar-refractivity contribution is -0.317. The molecule has 0 aromatic carbocycles. The summed E-state index contributed by atoms with van der Waals surface area (Å²) in [5.74, 6) is 4.18. The molecule has 2 unspecified atom stereocenters. The van der Waals surface area contributed by atoms with Crippen LogP contribution in [0, 0.1) is 57.7 Å². The van der Waals surface area contributed by atoms with Gasteiger partial charge in [0.25, 0.3) is 0 Å². The van der Waals surface area contributed by atoms with E-state index in [0.29, 0.717) is 35.2 Å². The predicted molar refractivity (Wildman–Crippen MR) is 162 cm³/mol.